The van der Waals surface area contributed by atoms with Crippen LogP contribution < -0.4 is 10.6 Å². The standard InChI is InChI=1S/C36H54IN7O2/c1-27(2)7-6-8-28(21-37)16-18-42-19-20-44(36(45)41-31-9-4-3-5-10-31)33(25-42)34-35(46-34)40-17-15-32-23-39-26-43(32)24-30-13-11-29(22-38)12-14-30/h11-14,23,26-28,31,33-35,40H,3-10,15-21,24-25H2,1-2H3,(H,41,45)/t28-,33+,34?,35?/m0/s1. The number of ether oxygens (including phenoxy) is 1. The Bertz CT molecular complexity index is 1260. The summed E-state index contributed by atoms with van der Waals surface area (Å²) in [6.07, 6.45) is 15.7. The van der Waals surface area contributed by atoms with Crippen molar-refractivity contribution in [2.75, 3.05) is 37.2 Å². The molecule has 3 aliphatic rings. The number of benzene rings is 1. The largest absolute Gasteiger partial charge is 0.351 e. The van der Waals surface area contributed by atoms with Crippen LogP contribution in [-0.2, 0) is 17.7 Å². The van der Waals surface area contributed by atoms with E-state index in [4.69, 9.17) is 10.00 Å². The number of halogens is 1. The molecule has 0 radical (unpaired) electrons. The molecule has 1 aromatic heterocycles. The average molecular weight is 744 g/mol. The van der Waals surface area contributed by atoms with E-state index in [-0.39, 0.29) is 24.4 Å². The number of epoxide rings is 1. The van der Waals surface area contributed by atoms with E-state index in [1.54, 1.807) is 0 Å². The van der Waals surface area contributed by atoms with Crippen molar-refractivity contribution in [1.82, 2.24) is 30.0 Å². The summed E-state index contributed by atoms with van der Waals surface area (Å²) in [6, 6.07) is 10.4. The van der Waals surface area contributed by atoms with E-state index >= 15 is 0 Å². The van der Waals surface area contributed by atoms with E-state index in [0.717, 1.165) is 81.6 Å². The second-order valence-electron chi connectivity index (χ2n) is 14.0. The number of piperazine rings is 1. The predicted octanol–water partition coefficient (Wildman–Crippen LogP) is 5.96. The zero-order valence-electron chi connectivity index (χ0n) is 27.9. The lowest BCUT2D eigenvalue weighted by atomic mass is 9.95. The highest BCUT2D eigenvalue weighted by atomic mass is 127. The van der Waals surface area contributed by atoms with Crippen molar-refractivity contribution in [3.63, 3.8) is 0 Å². The van der Waals surface area contributed by atoms with Crippen LogP contribution >= 0.6 is 22.6 Å². The lowest BCUT2D eigenvalue weighted by molar-refractivity contribution is 0.0740. The van der Waals surface area contributed by atoms with Gasteiger partial charge in [-0.25, -0.2) is 9.78 Å². The molecule has 0 bridgehead atoms. The van der Waals surface area contributed by atoms with Crippen molar-refractivity contribution in [2.45, 2.75) is 109 Å². The van der Waals surface area contributed by atoms with Gasteiger partial charge in [0.15, 0.2) is 0 Å². The fraction of sp³-hybridized carbons (Fsp3) is 0.694. The van der Waals surface area contributed by atoms with Crippen LogP contribution in [0.15, 0.2) is 36.8 Å². The Labute approximate surface area is 290 Å². The fourth-order valence-corrected chi connectivity index (χ4v) is 7.97. The minimum Gasteiger partial charge on any atom is -0.351 e. The highest BCUT2D eigenvalue weighted by Gasteiger charge is 2.50. The molecule has 1 aromatic carbocycles. The van der Waals surface area contributed by atoms with E-state index < -0.39 is 0 Å². The van der Waals surface area contributed by atoms with Crippen LogP contribution in [0, 0.1) is 23.2 Å². The van der Waals surface area contributed by atoms with Crippen molar-refractivity contribution in [2.24, 2.45) is 11.8 Å². The number of rotatable bonds is 16. The summed E-state index contributed by atoms with van der Waals surface area (Å²) >= 11 is 2.57. The summed E-state index contributed by atoms with van der Waals surface area (Å²) in [5, 5.41) is 16.1. The van der Waals surface area contributed by atoms with Gasteiger partial charge in [-0.15, -0.1) is 0 Å². The van der Waals surface area contributed by atoms with E-state index in [1.807, 2.05) is 36.8 Å². The Morgan fingerprint density at radius 1 is 1.13 bits per heavy atom. The first-order valence-electron chi connectivity index (χ1n) is 17.7. The molecule has 5 rings (SSSR count). The molecule has 1 saturated carbocycles. The van der Waals surface area contributed by atoms with Crippen molar-refractivity contribution in [3.8, 4) is 6.07 Å². The average Bonchev–Trinajstić information content (AvgIpc) is 3.71. The molecular weight excluding hydrogens is 689 g/mol. The van der Waals surface area contributed by atoms with Crippen LogP contribution in [0.25, 0.3) is 0 Å². The van der Waals surface area contributed by atoms with Crippen LogP contribution in [0.3, 0.4) is 0 Å². The van der Waals surface area contributed by atoms with Crippen LogP contribution in [-0.4, -0.2) is 86.9 Å². The van der Waals surface area contributed by atoms with Gasteiger partial charge in [-0.2, -0.15) is 5.26 Å². The van der Waals surface area contributed by atoms with Crippen LogP contribution in [0.4, 0.5) is 4.79 Å². The lowest BCUT2D eigenvalue weighted by Gasteiger charge is -2.42. The highest BCUT2D eigenvalue weighted by Crippen LogP contribution is 2.30. The lowest BCUT2D eigenvalue weighted by Crippen LogP contribution is -2.61. The van der Waals surface area contributed by atoms with Gasteiger partial charge in [0.1, 0.15) is 12.3 Å². The fourth-order valence-electron chi connectivity index (χ4n) is 7.09. The maximum Gasteiger partial charge on any atom is 0.318 e. The summed E-state index contributed by atoms with van der Waals surface area (Å²) in [5.74, 6) is 1.54. The van der Waals surface area contributed by atoms with Crippen molar-refractivity contribution in [1.29, 1.82) is 5.26 Å². The molecule has 3 fully saturated rings. The summed E-state index contributed by atoms with van der Waals surface area (Å²) < 4.78 is 9.63. The molecule has 2 N–H and O–H groups in total. The van der Waals surface area contributed by atoms with Crippen LogP contribution in [0.5, 0.6) is 0 Å². The molecule has 4 atom stereocenters. The summed E-state index contributed by atoms with van der Waals surface area (Å²) in [4.78, 5) is 22.7. The molecule has 46 heavy (non-hydrogen) atoms. The van der Waals surface area contributed by atoms with Crippen molar-refractivity contribution >= 4 is 28.6 Å². The molecule has 0 spiro atoms. The smallest absolute Gasteiger partial charge is 0.318 e. The molecule has 2 aliphatic heterocycles. The third-order valence-electron chi connectivity index (χ3n) is 10.0. The zero-order valence-corrected chi connectivity index (χ0v) is 30.0. The van der Waals surface area contributed by atoms with Gasteiger partial charge < -0.3 is 19.5 Å². The minimum absolute atomic E-state index is 0.00915. The number of aromatic nitrogens is 2. The third-order valence-corrected chi connectivity index (χ3v) is 11.3. The van der Waals surface area contributed by atoms with E-state index in [9.17, 15) is 4.79 Å². The highest BCUT2D eigenvalue weighted by molar-refractivity contribution is 14.1. The van der Waals surface area contributed by atoms with Gasteiger partial charge in [0, 0.05) is 61.5 Å². The van der Waals surface area contributed by atoms with Gasteiger partial charge in [-0.3, -0.25) is 10.2 Å². The Morgan fingerprint density at radius 2 is 1.93 bits per heavy atom. The molecule has 10 heteroatoms. The van der Waals surface area contributed by atoms with Gasteiger partial charge in [0.05, 0.1) is 24.0 Å². The number of hydrogen-bond acceptors (Lipinski definition) is 6. The SMILES string of the molecule is CC(C)CCC[C@H](CI)CCN1CCN(C(=O)NC2CCCCC2)[C@@H](C2OC2NCCc2cncn2Cc2ccc(C#N)cc2)C1. The summed E-state index contributed by atoms with van der Waals surface area (Å²) in [6.45, 7) is 9.80. The van der Waals surface area contributed by atoms with Crippen molar-refractivity contribution in [3.05, 3.63) is 53.6 Å². The van der Waals surface area contributed by atoms with E-state index in [0.29, 0.717) is 11.6 Å². The molecule has 2 aromatic rings. The van der Waals surface area contributed by atoms with Gasteiger partial charge in [0.25, 0.3) is 0 Å². The number of hydrogen-bond donors (Lipinski definition) is 2. The maximum absolute atomic E-state index is 13.6. The molecule has 3 heterocycles. The van der Waals surface area contributed by atoms with Gasteiger partial charge in [0.2, 0.25) is 0 Å². The summed E-state index contributed by atoms with van der Waals surface area (Å²) in [7, 11) is 0. The first-order chi connectivity index (χ1) is 22.4. The first kappa shape index (κ1) is 35.1. The normalized spacial score (nSPS) is 22.9. The molecule has 252 valence electrons. The number of nitriles is 1. The summed E-state index contributed by atoms with van der Waals surface area (Å²) in [5.41, 5.74) is 2.97. The molecule has 2 amide bonds. The van der Waals surface area contributed by atoms with Gasteiger partial charge in [-0.1, -0.05) is 80.7 Å². The molecular formula is C36H54IN7O2. The van der Waals surface area contributed by atoms with Crippen LogP contribution in [0.1, 0.15) is 88.5 Å². The minimum atomic E-state index is -0.0389. The van der Waals surface area contributed by atoms with E-state index in [1.165, 1.54) is 49.4 Å². The molecule has 1 aliphatic carbocycles. The molecule has 2 unspecified atom stereocenters. The van der Waals surface area contributed by atoms with Gasteiger partial charge in [-0.05, 0) is 61.8 Å². The quantitative estimate of drug-likeness (QED) is 0.125. The number of amides is 2. The Hall–Kier alpha value is -2.20. The second-order valence-corrected chi connectivity index (χ2v) is 14.9. The molecule has 2 saturated heterocycles. The Kier molecular flexibility index (Phi) is 13.6. The number of carbonyl (C=O) groups excluding carboxylic acids is 1. The molecule has 9 nitrogen and oxygen atoms in total. The zero-order chi connectivity index (χ0) is 32.3. The van der Waals surface area contributed by atoms with Crippen LogP contribution in [0.2, 0.25) is 0 Å². The number of urea groups is 1. The maximum atomic E-state index is 13.6. The van der Waals surface area contributed by atoms with E-state index in [2.05, 4.69) is 72.5 Å². The second kappa shape index (κ2) is 17.8. The number of imidazole rings is 1. The first-order valence-corrected chi connectivity index (χ1v) is 19.2. The Balaban J connectivity index is 1.13. The monoisotopic (exact) mass is 743 g/mol. The predicted molar refractivity (Wildman–Crippen MR) is 191 cm³/mol. The Morgan fingerprint density at radius 3 is 2.67 bits per heavy atom. The third kappa shape index (κ3) is 10.4. The topological polar surface area (TPSA) is 102 Å². The van der Waals surface area contributed by atoms with Crippen molar-refractivity contribution < 1.29 is 9.53 Å². The number of nitrogens with one attached hydrogen (secondary N) is 2. The van der Waals surface area contributed by atoms with Gasteiger partial charge >= 0.3 is 6.03 Å². The number of alkyl halides is 1. The number of nitrogens with zero attached hydrogens (tertiary/aromatic N) is 5. The number of carbonyl (C=O) groups is 1.